The van der Waals surface area contributed by atoms with Gasteiger partial charge in [0.25, 0.3) is 0 Å². The molecule has 3 aromatic carbocycles. The van der Waals surface area contributed by atoms with Gasteiger partial charge in [-0.25, -0.2) is 4.79 Å². The summed E-state index contributed by atoms with van der Waals surface area (Å²) in [5, 5.41) is 2.26. The van der Waals surface area contributed by atoms with E-state index < -0.39 is 0 Å². The Labute approximate surface area is 174 Å². The van der Waals surface area contributed by atoms with Gasteiger partial charge in [-0.3, -0.25) is 0 Å². The molecule has 29 heavy (non-hydrogen) atoms. The standard InChI is InChI=1S/C27H30O2/c1-26(2,3)21-15-16-24(23(18-21)27(4,5)6)29-25(28)17-14-20-12-9-11-19-10-7-8-13-22(19)20/h7-18H,1-6H3/b17-14-. The molecular formula is C27H30O2. The number of hydrogen-bond donors (Lipinski definition) is 0. The van der Waals surface area contributed by atoms with Crippen molar-refractivity contribution < 1.29 is 9.53 Å². The van der Waals surface area contributed by atoms with Crippen LogP contribution in [0.25, 0.3) is 16.8 Å². The number of fused-ring (bicyclic) bond motifs is 1. The normalized spacial score (nSPS) is 12.5. The van der Waals surface area contributed by atoms with E-state index in [2.05, 4.69) is 65.8 Å². The van der Waals surface area contributed by atoms with Gasteiger partial charge >= 0.3 is 5.97 Å². The molecule has 150 valence electrons. The first-order valence-electron chi connectivity index (χ1n) is 10.1. The third-order valence-electron chi connectivity index (χ3n) is 5.09. The molecule has 0 heterocycles. The lowest BCUT2D eigenvalue weighted by Crippen LogP contribution is -2.18. The van der Waals surface area contributed by atoms with Gasteiger partial charge in [0.2, 0.25) is 0 Å². The zero-order valence-corrected chi connectivity index (χ0v) is 18.2. The molecule has 0 N–H and O–H groups in total. The summed E-state index contributed by atoms with van der Waals surface area (Å²) >= 11 is 0. The lowest BCUT2D eigenvalue weighted by Gasteiger charge is -2.26. The molecule has 0 unspecified atom stereocenters. The lowest BCUT2D eigenvalue weighted by molar-refractivity contribution is -0.128. The predicted molar refractivity (Wildman–Crippen MR) is 122 cm³/mol. The number of carbonyl (C=O) groups is 1. The first kappa shape index (κ1) is 20.9. The van der Waals surface area contributed by atoms with Gasteiger partial charge in [-0.15, -0.1) is 0 Å². The largest absolute Gasteiger partial charge is 0.423 e. The van der Waals surface area contributed by atoms with E-state index in [-0.39, 0.29) is 16.8 Å². The molecular weight excluding hydrogens is 356 g/mol. The first-order chi connectivity index (χ1) is 13.6. The van der Waals surface area contributed by atoms with Crippen LogP contribution in [0, 0.1) is 0 Å². The van der Waals surface area contributed by atoms with E-state index in [9.17, 15) is 4.79 Å². The zero-order chi connectivity index (χ0) is 21.2. The topological polar surface area (TPSA) is 26.3 Å². The highest BCUT2D eigenvalue weighted by molar-refractivity contribution is 5.95. The fourth-order valence-electron chi connectivity index (χ4n) is 3.37. The molecule has 0 aliphatic carbocycles. The van der Waals surface area contributed by atoms with Gasteiger partial charge in [0, 0.05) is 11.6 Å². The molecule has 3 aromatic rings. The summed E-state index contributed by atoms with van der Waals surface area (Å²) in [7, 11) is 0. The zero-order valence-electron chi connectivity index (χ0n) is 18.2. The minimum Gasteiger partial charge on any atom is -0.423 e. The molecule has 0 fully saturated rings. The van der Waals surface area contributed by atoms with E-state index in [1.807, 2.05) is 42.5 Å². The molecule has 0 bridgehead atoms. The maximum absolute atomic E-state index is 12.6. The predicted octanol–water partition coefficient (Wildman–Crippen LogP) is 7.05. The maximum atomic E-state index is 12.6. The van der Waals surface area contributed by atoms with E-state index in [0.717, 1.165) is 21.9 Å². The van der Waals surface area contributed by atoms with Crippen LogP contribution in [0.5, 0.6) is 5.75 Å². The highest BCUT2D eigenvalue weighted by Crippen LogP contribution is 2.35. The van der Waals surface area contributed by atoms with Crippen molar-refractivity contribution in [2.24, 2.45) is 0 Å². The molecule has 2 heteroatoms. The average molecular weight is 387 g/mol. The molecule has 3 rings (SSSR count). The quantitative estimate of drug-likeness (QED) is 0.274. The van der Waals surface area contributed by atoms with E-state index in [1.54, 1.807) is 0 Å². The highest BCUT2D eigenvalue weighted by Gasteiger charge is 2.23. The Morgan fingerprint density at radius 2 is 1.52 bits per heavy atom. The van der Waals surface area contributed by atoms with Crippen LogP contribution in [0.1, 0.15) is 58.2 Å². The molecule has 0 amide bonds. The van der Waals surface area contributed by atoms with Crippen LogP contribution < -0.4 is 4.74 Å². The second-order valence-electron chi connectivity index (χ2n) is 9.53. The second-order valence-corrected chi connectivity index (χ2v) is 9.53. The van der Waals surface area contributed by atoms with Crippen molar-refractivity contribution in [2.75, 3.05) is 0 Å². The van der Waals surface area contributed by atoms with Gasteiger partial charge in [-0.2, -0.15) is 0 Å². The number of carbonyl (C=O) groups excluding carboxylic acids is 1. The molecule has 0 saturated carbocycles. The summed E-state index contributed by atoms with van der Waals surface area (Å²) in [6, 6.07) is 20.3. The Kier molecular flexibility index (Phi) is 5.66. The van der Waals surface area contributed by atoms with Crippen LogP contribution in [0.3, 0.4) is 0 Å². The maximum Gasteiger partial charge on any atom is 0.336 e. The minimum atomic E-state index is -0.369. The number of ether oxygens (including phenoxy) is 1. The van der Waals surface area contributed by atoms with Crippen LogP contribution in [-0.4, -0.2) is 5.97 Å². The van der Waals surface area contributed by atoms with Crippen molar-refractivity contribution in [3.63, 3.8) is 0 Å². The summed E-state index contributed by atoms with van der Waals surface area (Å²) in [6.07, 6.45) is 3.33. The molecule has 0 aliphatic heterocycles. The van der Waals surface area contributed by atoms with E-state index in [1.165, 1.54) is 11.6 Å². The summed E-state index contributed by atoms with van der Waals surface area (Å²) in [4.78, 5) is 12.6. The Morgan fingerprint density at radius 1 is 0.828 bits per heavy atom. The van der Waals surface area contributed by atoms with Gasteiger partial charge in [-0.1, -0.05) is 96.1 Å². The van der Waals surface area contributed by atoms with Gasteiger partial charge in [0.15, 0.2) is 0 Å². The van der Waals surface area contributed by atoms with Crippen molar-refractivity contribution >= 4 is 22.8 Å². The van der Waals surface area contributed by atoms with Crippen molar-refractivity contribution in [3.05, 3.63) is 83.4 Å². The van der Waals surface area contributed by atoms with Crippen molar-refractivity contribution in [1.82, 2.24) is 0 Å². The Hall–Kier alpha value is -2.87. The number of rotatable bonds is 3. The first-order valence-corrected chi connectivity index (χ1v) is 10.1. The minimum absolute atomic E-state index is 0.0385. The fraction of sp³-hybridized carbons (Fsp3) is 0.296. The summed E-state index contributed by atoms with van der Waals surface area (Å²) < 4.78 is 5.75. The van der Waals surface area contributed by atoms with E-state index in [0.29, 0.717) is 5.75 Å². The third kappa shape index (κ3) is 4.95. The van der Waals surface area contributed by atoms with Gasteiger partial charge < -0.3 is 4.74 Å². The molecule has 2 nitrogen and oxygen atoms in total. The van der Waals surface area contributed by atoms with Crippen molar-refractivity contribution in [3.8, 4) is 5.75 Å². The van der Waals surface area contributed by atoms with Gasteiger partial charge in [-0.05, 0) is 44.9 Å². The fourth-order valence-corrected chi connectivity index (χ4v) is 3.37. The molecule has 0 aliphatic rings. The third-order valence-corrected chi connectivity index (χ3v) is 5.09. The summed E-state index contributed by atoms with van der Waals surface area (Å²) in [6.45, 7) is 13.0. The van der Waals surface area contributed by atoms with Gasteiger partial charge in [0.1, 0.15) is 5.75 Å². The molecule has 0 aromatic heterocycles. The van der Waals surface area contributed by atoms with E-state index >= 15 is 0 Å². The van der Waals surface area contributed by atoms with Gasteiger partial charge in [0.05, 0.1) is 0 Å². The van der Waals surface area contributed by atoms with Crippen LogP contribution in [-0.2, 0) is 15.6 Å². The smallest absolute Gasteiger partial charge is 0.336 e. The molecule has 0 spiro atoms. The molecule has 0 saturated heterocycles. The van der Waals surface area contributed by atoms with Crippen LogP contribution in [0.4, 0.5) is 0 Å². The molecule has 0 radical (unpaired) electrons. The monoisotopic (exact) mass is 386 g/mol. The van der Waals surface area contributed by atoms with E-state index in [4.69, 9.17) is 4.74 Å². The Balaban J connectivity index is 1.87. The lowest BCUT2D eigenvalue weighted by atomic mass is 9.80. The Bertz CT molecular complexity index is 1050. The van der Waals surface area contributed by atoms with Crippen LogP contribution in [0.15, 0.2) is 66.7 Å². The van der Waals surface area contributed by atoms with Crippen LogP contribution >= 0.6 is 0 Å². The number of benzene rings is 3. The SMILES string of the molecule is CC(C)(C)c1ccc(OC(=O)/C=C\c2cccc3ccccc23)c(C(C)(C)C)c1. The second kappa shape index (κ2) is 7.87. The summed E-state index contributed by atoms with van der Waals surface area (Å²) in [5.74, 6) is 0.255. The molecule has 0 atom stereocenters. The average Bonchev–Trinajstić information content (AvgIpc) is 2.65. The van der Waals surface area contributed by atoms with Crippen molar-refractivity contribution in [1.29, 1.82) is 0 Å². The Morgan fingerprint density at radius 3 is 2.21 bits per heavy atom. The number of esters is 1. The highest BCUT2D eigenvalue weighted by atomic mass is 16.5. The summed E-state index contributed by atoms with van der Waals surface area (Å²) in [5.41, 5.74) is 3.18. The number of hydrogen-bond acceptors (Lipinski definition) is 2. The van der Waals surface area contributed by atoms with Crippen LogP contribution in [0.2, 0.25) is 0 Å². The van der Waals surface area contributed by atoms with Crippen molar-refractivity contribution in [2.45, 2.75) is 52.4 Å².